The Morgan fingerprint density at radius 3 is 1.74 bits per heavy atom. The number of imidazole rings is 1. The Hall–Kier alpha value is -1.69. The zero-order valence-electron chi connectivity index (χ0n) is 17.9. The topological polar surface area (TPSA) is 373 Å². The second-order valence-electron chi connectivity index (χ2n) is 6.60. The predicted octanol–water partition coefficient (Wildman–Crippen LogP) is -3.83. The third kappa shape index (κ3) is 12.0. The molecule has 0 radical (unpaired) electrons. The van der Waals surface area contributed by atoms with Gasteiger partial charge in [0.25, 0.3) is 0 Å². The van der Waals surface area contributed by atoms with E-state index in [9.17, 15) is 23.4 Å². The number of phosphoric acid groups is 3. The molecule has 21 nitrogen and oxygen atoms in total. The zero-order valence-corrected chi connectivity index (χ0v) is 20.6. The Balaban J connectivity index is 0.000000751. The molecule has 0 amide bonds. The Labute approximate surface area is 207 Å². The van der Waals surface area contributed by atoms with Crippen molar-refractivity contribution >= 4 is 40.4 Å². The van der Waals surface area contributed by atoms with Crippen LogP contribution in [-0.2, 0) is 18.4 Å². The maximum absolute atomic E-state index is 13.4. The average molecular weight is 629 g/mol. The SMILES string of the molecule is Nc1ncnc2c1ncn2[C@@H]1O[C@H](CO)[C@@H](O)[C@]1(O)C(F)(F)F.O=P(O)(O)O.O=P(O)(O)O.O=P(O)(O)O. The molecule has 4 atom stereocenters. The molecule has 0 bridgehead atoms. The molecule has 3 rings (SSSR count). The number of alkyl halides is 3. The Kier molecular flexibility index (Phi) is 12.5. The average Bonchev–Trinajstić information content (AvgIpc) is 3.18. The highest BCUT2D eigenvalue weighted by molar-refractivity contribution is 7.45. The van der Waals surface area contributed by atoms with E-state index in [1.54, 1.807) is 0 Å². The fraction of sp³-hybridized carbons (Fsp3) is 0.545. The summed E-state index contributed by atoms with van der Waals surface area (Å²) < 4.78 is 72.5. The number of fused-ring (bicyclic) bond motifs is 1. The summed E-state index contributed by atoms with van der Waals surface area (Å²) in [7, 11) is -13.9. The minimum Gasteiger partial charge on any atom is -0.394 e. The Morgan fingerprint density at radius 1 is 0.947 bits per heavy atom. The second-order valence-corrected chi connectivity index (χ2v) is 9.68. The number of aromatic nitrogens is 4. The van der Waals surface area contributed by atoms with E-state index >= 15 is 0 Å². The predicted molar refractivity (Wildman–Crippen MR) is 111 cm³/mol. The van der Waals surface area contributed by atoms with Crippen molar-refractivity contribution in [3.05, 3.63) is 12.7 Å². The van der Waals surface area contributed by atoms with Gasteiger partial charge in [-0.2, -0.15) is 13.2 Å². The van der Waals surface area contributed by atoms with Crippen LogP contribution in [0.1, 0.15) is 6.23 Å². The highest BCUT2D eigenvalue weighted by Crippen LogP contribution is 2.49. The van der Waals surface area contributed by atoms with Crippen LogP contribution in [0.15, 0.2) is 12.7 Å². The van der Waals surface area contributed by atoms with Crippen LogP contribution in [0.4, 0.5) is 19.0 Å². The van der Waals surface area contributed by atoms with Crippen LogP contribution in [0.5, 0.6) is 0 Å². The highest BCUT2D eigenvalue weighted by atomic mass is 31.2. The van der Waals surface area contributed by atoms with Crippen molar-refractivity contribution < 1.29 is 91.0 Å². The van der Waals surface area contributed by atoms with Gasteiger partial charge in [-0.3, -0.25) is 4.57 Å². The number of nitrogens with zero attached hydrogens (tertiary/aromatic N) is 4. The second kappa shape index (κ2) is 13.1. The molecule has 222 valence electrons. The molecule has 1 fully saturated rings. The summed E-state index contributed by atoms with van der Waals surface area (Å²) in [6.07, 6.45) is -9.43. The summed E-state index contributed by atoms with van der Waals surface area (Å²) in [6.45, 7) is -0.917. The van der Waals surface area contributed by atoms with Gasteiger partial charge < -0.3 is 69.8 Å². The van der Waals surface area contributed by atoms with Crippen molar-refractivity contribution in [2.45, 2.75) is 30.2 Å². The molecule has 0 aromatic carbocycles. The van der Waals surface area contributed by atoms with Crippen molar-refractivity contribution in [3.8, 4) is 0 Å². The van der Waals surface area contributed by atoms with Crippen LogP contribution >= 0.6 is 23.5 Å². The largest absolute Gasteiger partial charge is 0.466 e. The molecule has 0 spiro atoms. The van der Waals surface area contributed by atoms with Crippen molar-refractivity contribution in [2.75, 3.05) is 12.3 Å². The lowest BCUT2D eigenvalue weighted by atomic mass is 9.93. The van der Waals surface area contributed by atoms with Crippen LogP contribution in [0, 0.1) is 0 Å². The smallest absolute Gasteiger partial charge is 0.394 e. The molecule has 38 heavy (non-hydrogen) atoms. The van der Waals surface area contributed by atoms with Gasteiger partial charge in [-0.1, -0.05) is 0 Å². The fourth-order valence-electron chi connectivity index (χ4n) is 2.54. The normalized spacial score (nSPS) is 23.9. The van der Waals surface area contributed by atoms with Gasteiger partial charge in [0, 0.05) is 0 Å². The molecule has 1 aliphatic heterocycles. The van der Waals surface area contributed by atoms with E-state index in [1.165, 1.54) is 0 Å². The lowest BCUT2D eigenvalue weighted by Crippen LogP contribution is -2.57. The van der Waals surface area contributed by atoms with Gasteiger partial charge in [-0.25, -0.2) is 28.6 Å². The summed E-state index contributed by atoms with van der Waals surface area (Å²) in [5, 5.41) is 29.0. The van der Waals surface area contributed by atoms with Crippen LogP contribution < -0.4 is 5.73 Å². The monoisotopic (exact) mass is 629 g/mol. The highest BCUT2D eigenvalue weighted by Gasteiger charge is 2.70. The number of halogens is 3. The first-order chi connectivity index (χ1) is 16.7. The van der Waals surface area contributed by atoms with Gasteiger partial charge in [0.2, 0.25) is 5.60 Å². The van der Waals surface area contributed by atoms with Crippen molar-refractivity contribution in [1.29, 1.82) is 0 Å². The molecule has 0 unspecified atom stereocenters. The number of anilines is 1. The fourth-order valence-corrected chi connectivity index (χ4v) is 2.54. The van der Waals surface area contributed by atoms with E-state index < -0.39 is 60.3 Å². The van der Waals surface area contributed by atoms with E-state index in [2.05, 4.69) is 15.0 Å². The van der Waals surface area contributed by atoms with E-state index in [0.29, 0.717) is 0 Å². The first-order valence-electron chi connectivity index (χ1n) is 8.73. The summed E-state index contributed by atoms with van der Waals surface area (Å²) in [6, 6.07) is 0. The third-order valence-electron chi connectivity index (χ3n) is 3.76. The molecule has 27 heteroatoms. The first kappa shape index (κ1) is 36.3. The van der Waals surface area contributed by atoms with Crippen LogP contribution in [0.3, 0.4) is 0 Å². The number of aliphatic hydroxyl groups is 3. The number of nitrogen functional groups attached to an aromatic ring is 1. The van der Waals surface area contributed by atoms with Gasteiger partial charge in [-0.15, -0.1) is 0 Å². The van der Waals surface area contributed by atoms with Crippen molar-refractivity contribution in [1.82, 2.24) is 19.5 Å². The van der Waals surface area contributed by atoms with Crippen LogP contribution in [0.2, 0.25) is 0 Å². The molecular weight excluding hydrogens is 608 g/mol. The van der Waals surface area contributed by atoms with E-state index in [-0.39, 0.29) is 17.0 Å². The molecule has 2 aromatic heterocycles. The molecule has 2 aromatic rings. The summed E-state index contributed by atoms with van der Waals surface area (Å²) in [5.74, 6) is -0.0680. The van der Waals surface area contributed by atoms with Crippen LogP contribution in [0.25, 0.3) is 11.2 Å². The van der Waals surface area contributed by atoms with Gasteiger partial charge in [0.05, 0.1) is 12.9 Å². The summed E-state index contributed by atoms with van der Waals surface area (Å²) >= 11 is 0. The zero-order chi connectivity index (χ0) is 30.5. The Bertz CT molecular complexity index is 1130. The van der Waals surface area contributed by atoms with Gasteiger partial charge in [-0.05, 0) is 0 Å². The molecule has 1 aliphatic rings. The number of hydrogen-bond acceptors (Lipinski definition) is 11. The minimum absolute atomic E-state index is 0.0163. The lowest BCUT2D eigenvalue weighted by Gasteiger charge is -2.33. The van der Waals surface area contributed by atoms with Gasteiger partial charge in [0.1, 0.15) is 24.1 Å². The third-order valence-corrected chi connectivity index (χ3v) is 3.76. The minimum atomic E-state index is -5.24. The number of aliphatic hydroxyl groups excluding tert-OH is 2. The van der Waals surface area contributed by atoms with Gasteiger partial charge >= 0.3 is 29.6 Å². The maximum atomic E-state index is 13.4. The first-order valence-corrected chi connectivity index (χ1v) is 13.4. The summed E-state index contributed by atoms with van der Waals surface area (Å²) in [5.41, 5.74) is 1.80. The van der Waals surface area contributed by atoms with Crippen molar-refractivity contribution in [2.24, 2.45) is 0 Å². The summed E-state index contributed by atoms with van der Waals surface area (Å²) in [4.78, 5) is 75.9. The number of ether oxygens (including phenoxy) is 1. The Morgan fingerprint density at radius 2 is 1.37 bits per heavy atom. The van der Waals surface area contributed by atoms with E-state index in [1.807, 2.05) is 0 Å². The molecule has 1 saturated heterocycles. The quantitative estimate of drug-likeness (QED) is 0.141. The van der Waals surface area contributed by atoms with Crippen LogP contribution in [-0.4, -0.2) is 109 Å². The number of rotatable bonds is 2. The lowest BCUT2D eigenvalue weighted by molar-refractivity contribution is -0.303. The molecule has 0 saturated carbocycles. The van der Waals surface area contributed by atoms with E-state index in [0.717, 1.165) is 17.2 Å². The molecular formula is C11H21F3N5O16P3. The van der Waals surface area contributed by atoms with Crippen molar-refractivity contribution in [3.63, 3.8) is 0 Å². The number of hydrogen-bond donors (Lipinski definition) is 13. The maximum Gasteiger partial charge on any atom is 0.466 e. The van der Waals surface area contributed by atoms with E-state index in [4.69, 9.17) is 73.3 Å². The molecule has 0 aliphatic carbocycles. The number of nitrogens with two attached hydrogens (primary N) is 1. The standard InChI is InChI=1S/C11H12F3N5O4.3H3O4P/c12-11(13,14)10(22)6(21)4(1-20)23-9(10)19-3-18-5-7(15)16-2-17-8(5)19;3*1-5(2,3)4/h2-4,6,9,20-22H,1H2,(H2,15,16,17);3*(H3,1,2,3,4)/t4-,6-,9-,10-;;;/m1.../s1. The molecule has 3 heterocycles. The van der Waals surface area contributed by atoms with Gasteiger partial charge in [0.15, 0.2) is 17.7 Å². The molecule has 14 N–H and O–H groups in total.